The Morgan fingerprint density at radius 1 is 1.52 bits per heavy atom. The van der Waals surface area contributed by atoms with Crippen LogP contribution in [0.3, 0.4) is 0 Å². The summed E-state index contributed by atoms with van der Waals surface area (Å²) in [5.41, 5.74) is 1.99. The second kappa shape index (κ2) is 6.24. The molecule has 1 aromatic heterocycles. The Morgan fingerprint density at radius 3 is 3.05 bits per heavy atom. The normalized spacial score (nSPS) is 20.0. The van der Waals surface area contributed by atoms with Crippen molar-refractivity contribution in [2.24, 2.45) is 0 Å². The molecule has 1 saturated heterocycles. The lowest BCUT2D eigenvalue weighted by Crippen LogP contribution is -2.12. The average Bonchev–Trinajstić information content (AvgIpc) is 3.11. The lowest BCUT2D eigenvalue weighted by molar-refractivity contribution is 0.186. The van der Waals surface area contributed by atoms with Crippen LogP contribution in [0.5, 0.6) is 5.75 Å². The molecule has 2 aromatic rings. The molecule has 4 nitrogen and oxygen atoms in total. The highest BCUT2D eigenvalue weighted by Gasteiger charge is 2.26. The van der Waals surface area contributed by atoms with E-state index in [1.54, 1.807) is 0 Å². The monoisotopic (exact) mass is 308 g/mol. The Labute approximate surface area is 130 Å². The van der Waals surface area contributed by atoms with Crippen molar-refractivity contribution in [3.63, 3.8) is 0 Å². The molecule has 3 rings (SSSR count). The van der Waals surface area contributed by atoms with Crippen LogP contribution in [0.4, 0.5) is 0 Å². The van der Waals surface area contributed by atoms with Gasteiger partial charge in [0.05, 0.1) is 30.1 Å². The van der Waals surface area contributed by atoms with Gasteiger partial charge in [0.2, 0.25) is 0 Å². The topological polar surface area (TPSA) is 36.3 Å². The second-order valence-electron chi connectivity index (χ2n) is 5.45. The van der Waals surface area contributed by atoms with Gasteiger partial charge in [0.25, 0.3) is 0 Å². The van der Waals surface area contributed by atoms with Crippen LogP contribution in [0.2, 0.25) is 0 Å². The molecular weight excluding hydrogens is 288 g/mol. The van der Waals surface area contributed by atoms with Gasteiger partial charge in [-0.3, -0.25) is 0 Å². The van der Waals surface area contributed by atoms with Gasteiger partial charge in [0, 0.05) is 6.61 Å². The summed E-state index contributed by atoms with van der Waals surface area (Å²) in [6, 6.07) is 6.39. The molecule has 0 N–H and O–H groups in total. The van der Waals surface area contributed by atoms with E-state index in [2.05, 4.69) is 17.6 Å². The number of benzene rings is 1. The number of fused-ring (bicyclic) bond motifs is 1. The van der Waals surface area contributed by atoms with E-state index in [0.29, 0.717) is 12.6 Å². The number of imidazole rings is 1. The van der Waals surface area contributed by atoms with Crippen LogP contribution in [0.15, 0.2) is 18.2 Å². The summed E-state index contributed by atoms with van der Waals surface area (Å²) in [4.78, 5) is 4.76. The van der Waals surface area contributed by atoms with Crippen molar-refractivity contribution < 1.29 is 9.47 Å². The standard InChI is InChI=1S/C16H21ClN2O2/c1-3-8-21-14-6-4-5-13-15(14)18-16(11(2)17)19(13)12-7-9-20-10-12/h4-6,11-12H,3,7-10H2,1-2H3. The van der Waals surface area contributed by atoms with Gasteiger partial charge in [-0.1, -0.05) is 13.0 Å². The summed E-state index contributed by atoms with van der Waals surface area (Å²) in [6.07, 6.45) is 1.98. The maximum Gasteiger partial charge on any atom is 0.147 e. The highest BCUT2D eigenvalue weighted by atomic mass is 35.5. The predicted octanol–water partition coefficient (Wildman–Crippen LogP) is 4.09. The molecule has 21 heavy (non-hydrogen) atoms. The number of halogens is 1. The van der Waals surface area contributed by atoms with Gasteiger partial charge in [0.15, 0.2) is 0 Å². The SMILES string of the molecule is CCCOc1cccc2c1nc(C(C)Cl)n2C1CCOC1. The summed E-state index contributed by atoms with van der Waals surface area (Å²) in [6.45, 7) is 6.28. The minimum atomic E-state index is -0.142. The fourth-order valence-electron chi connectivity index (χ4n) is 2.83. The predicted molar refractivity (Wildman–Crippen MR) is 84.3 cm³/mol. The third kappa shape index (κ3) is 2.74. The minimum Gasteiger partial charge on any atom is -0.491 e. The van der Waals surface area contributed by atoms with E-state index in [9.17, 15) is 0 Å². The molecule has 0 radical (unpaired) electrons. The second-order valence-corrected chi connectivity index (χ2v) is 6.10. The highest BCUT2D eigenvalue weighted by Crippen LogP contribution is 2.34. The number of aromatic nitrogens is 2. The third-order valence-electron chi connectivity index (χ3n) is 3.80. The first-order chi connectivity index (χ1) is 10.2. The number of hydrogen-bond acceptors (Lipinski definition) is 3. The van der Waals surface area contributed by atoms with Crippen molar-refractivity contribution >= 4 is 22.6 Å². The molecule has 114 valence electrons. The molecule has 0 saturated carbocycles. The number of nitrogens with zero attached hydrogens (tertiary/aromatic N) is 2. The van der Waals surface area contributed by atoms with Crippen molar-refractivity contribution in [2.45, 2.75) is 38.1 Å². The molecular formula is C16H21ClN2O2. The molecule has 2 atom stereocenters. The fourth-order valence-corrected chi connectivity index (χ4v) is 2.98. The molecule has 0 amide bonds. The van der Waals surface area contributed by atoms with Crippen molar-refractivity contribution in [3.8, 4) is 5.75 Å². The van der Waals surface area contributed by atoms with Crippen molar-refractivity contribution in [3.05, 3.63) is 24.0 Å². The molecule has 0 spiro atoms. The van der Waals surface area contributed by atoms with E-state index in [-0.39, 0.29) is 5.38 Å². The van der Waals surface area contributed by atoms with Gasteiger partial charge < -0.3 is 14.0 Å². The smallest absolute Gasteiger partial charge is 0.147 e. The van der Waals surface area contributed by atoms with Crippen molar-refractivity contribution in [1.29, 1.82) is 0 Å². The maximum absolute atomic E-state index is 6.35. The fraction of sp³-hybridized carbons (Fsp3) is 0.562. The highest BCUT2D eigenvalue weighted by molar-refractivity contribution is 6.20. The molecule has 1 aliphatic heterocycles. The van der Waals surface area contributed by atoms with Crippen molar-refractivity contribution in [2.75, 3.05) is 19.8 Å². The van der Waals surface area contributed by atoms with E-state index in [1.807, 2.05) is 19.1 Å². The molecule has 1 aliphatic rings. The first-order valence-corrected chi connectivity index (χ1v) is 8.01. The van der Waals surface area contributed by atoms with Crippen LogP contribution in [0, 0.1) is 0 Å². The zero-order chi connectivity index (χ0) is 14.8. The molecule has 0 bridgehead atoms. The summed E-state index contributed by atoms with van der Waals surface area (Å²) in [5, 5.41) is -0.142. The lowest BCUT2D eigenvalue weighted by Gasteiger charge is -2.16. The Hall–Kier alpha value is -1.26. The van der Waals surface area contributed by atoms with Crippen molar-refractivity contribution in [1.82, 2.24) is 9.55 Å². The van der Waals surface area contributed by atoms with E-state index >= 15 is 0 Å². The molecule has 0 aliphatic carbocycles. The zero-order valence-electron chi connectivity index (χ0n) is 12.5. The van der Waals surface area contributed by atoms with Crippen LogP contribution in [-0.2, 0) is 4.74 Å². The summed E-state index contributed by atoms with van der Waals surface area (Å²) in [7, 11) is 0. The van der Waals surface area contributed by atoms with Crippen LogP contribution >= 0.6 is 11.6 Å². The quantitative estimate of drug-likeness (QED) is 0.781. The molecule has 1 fully saturated rings. The van der Waals surface area contributed by atoms with Crippen LogP contribution in [0.25, 0.3) is 11.0 Å². The van der Waals surface area contributed by atoms with Gasteiger partial charge in [-0.15, -0.1) is 11.6 Å². The van der Waals surface area contributed by atoms with E-state index in [0.717, 1.165) is 48.7 Å². The van der Waals surface area contributed by atoms with Crippen LogP contribution in [0.1, 0.15) is 43.9 Å². The van der Waals surface area contributed by atoms with Gasteiger partial charge in [-0.25, -0.2) is 4.98 Å². The third-order valence-corrected chi connectivity index (χ3v) is 3.99. The van der Waals surface area contributed by atoms with E-state index in [4.69, 9.17) is 26.1 Å². The Bertz CT molecular complexity index is 618. The van der Waals surface area contributed by atoms with Crippen LogP contribution in [-0.4, -0.2) is 29.4 Å². The summed E-state index contributed by atoms with van der Waals surface area (Å²) in [5.74, 6) is 1.74. The Kier molecular flexibility index (Phi) is 4.36. The number of alkyl halides is 1. The van der Waals surface area contributed by atoms with Gasteiger partial charge in [-0.05, 0) is 31.9 Å². The largest absolute Gasteiger partial charge is 0.491 e. The molecule has 1 aromatic carbocycles. The van der Waals surface area contributed by atoms with E-state index < -0.39 is 0 Å². The van der Waals surface area contributed by atoms with Gasteiger partial charge in [-0.2, -0.15) is 0 Å². The number of ether oxygens (including phenoxy) is 2. The van der Waals surface area contributed by atoms with Gasteiger partial charge >= 0.3 is 0 Å². The van der Waals surface area contributed by atoms with E-state index in [1.165, 1.54) is 0 Å². The Balaban J connectivity index is 2.12. The average molecular weight is 309 g/mol. The zero-order valence-corrected chi connectivity index (χ0v) is 13.3. The maximum atomic E-state index is 6.35. The number of para-hydroxylation sites is 1. The first-order valence-electron chi connectivity index (χ1n) is 7.57. The van der Waals surface area contributed by atoms with Crippen LogP contribution < -0.4 is 4.74 Å². The molecule has 5 heteroatoms. The molecule has 2 heterocycles. The molecule has 2 unspecified atom stereocenters. The number of rotatable bonds is 5. The first kappa shape index (κ1) is 14.7. The number of hydrogen-bond donors (Lipinski definition) is 0. The van der Waals surface area contributed by atoms with Gasteiger partial charge in [0.1, 0.15) is 17.1 Å². The summed E-state index contributed by atoms with van der Waals surface area (Å²) < 4.78 is 13.6. The lowest BCUT2D eigenvalue weighted by atomic mass is 10.2. The Morgan fingerprint density at radius 2 is 2.38 bits per heavy atom. The summed E-state index contributed by atoms with van der Waals surface area (Å²) >= 11 is 6.35. The minimum absolute atomic E-state index is 0.142.